The number of benzene rings is 1. The van der Waals surface area contributed by atoms with Gasteiger partial charge in [0.25, 0.3) is 0 Å². The Balaban J connectivity index is 2.14. The van der Waals surface area contributed by atoms with Crippen molar-refractivity contribution in [3.63, 3.8) is 0 Å². The van der Waals surface area contributed by atoms with Gasteiger partial charge in [0.15, 0.2) is 0 Å². The number of thioether (sulfide) groups is 1. The number of nitrogens with zero attached hydrogens (tertiary/aromatic N) is 2. The maximum Gasteiger partial charge on any atom is 0.133 e. The quantitative estimate of drug-likeness (QED) is 0.588. The van der Waals surface area contributed by atoms with Gasteiger partial charge in [-0.1, -0.05) is 36.4 Å². The summed E-state index contributed by atoms with van der Waals surface area (Å²) in [6.45, 7) is 5.64. The Hall–Kier alpha value is -1.24. The largest absolute Gasteiger partial charge is 0.290 e. The van der Waals surface area contributed by atoms with Crippen LogP contribution in [-0.2, 0) is 0 Å². The van der Waals surface area contributed by atoms with Gasteiger partial charge in [-0.25, -0.2) is 0 Å². The van der Waals surface area contributed by atoms with Gasteiger partial charge in [-0.3, -0.25) is 4.90 Å². The molecule has 2 rings (SSSR count). The van der Waals surface area contributed by atoms with E-state index in [-0.39, 0.29) is 0 Å². The molecule has 1 aliphatic heterocycles. The third kappa shape index (κ3) is 2.13. The van der Waals surface area contributed by atoms with Crippen molar-refractivity contribution in [1.29, 1.82) is 5.26 Å². The van der Waals surface area contributed by atoms with Crippen LogP contribution in [0.2, 0.25) is 0 Å². The molecule has 0 saturated carbocycles. The van der Waals surface area contributed by atoms with Crippen LogP contribution >= 0.6 is 11.8 Å². The molecule has 0 aromatic heterocycles. The zero-order chi connectivity index (χ0) is 11.4. The SMILES string of the molecule is C=CCN1C[C@@H](SC#N)[C@@H]1c1ccccc1. The molecule has 1 aromatic carbocycles. The summed E-state index contributed by atoms with van der Waals surface area (Å²) < 4.78 is 0. The number of thiocyanates is 1. The number of hydrogen-bond donors (Lipinski definition) is 0. The molecule has 0 N–H and O–H groups in total. The monoisotopic (exact) mass is 230 g/mol. The fourth-order valence-corrected chi connectivity index (χ4v) is 3.00. The lowest BCUT2D eigenvalue weighted by molar-refractivity contribution is 0.118. The average molecular weight is 230 g/mol. The van der Waals surface area contributed by atoms with Gasteiger partial charge >= 0.3 is 0 Å². The van der Waals surface area contributed by atoms with Crippen LogP contribution in [0.4, 0.5) is 0 Å². The number of nitriles is 1. The van der Waals surface area contributed by atoms with E-state index in [2.05, 4.69) is 29.0 Å². The van der Waals surface area contributed by atoms with Gasteiger partial charge in [0, 0.05) is 19.1 Å². The average Bonchev–Trinajstić information content (AvgIpc) is 2.29. The van der Waals surface area contributed by atoms with Crippen LogP contribution < -0.4 is 0 Å². The Morgan fingerprint density at radius 2 is 2.25 bits per heavy atom. The fourth-order valence-electron chi connectivity index (χ4n) is 2.14. The summed E-state index contributed by atoms with van der Waals surface area (Å²) in [6.07, 6.45) is 1.92. The molecule has 0 amide bonds. The predicted octanol–water partition coefficient (Wildman–Crippen LogP) is 2.81. The van der Waals surface area contributed by atoms with Crippen molar-refractivity contribution in [2.75, 3.05) is 13.1 Å². The van der Waals surface area contributed by atoms with E-state index in [9.17, 15) is 0 Å². The van der Waals surface area contributed by atoms with Crippen molar-refractivity contribution in [1.82, 2.24) is 4.90 Å². The van der Waals surface area contributed by atoms with Gasteiger partial charge < -0.3 is 0 Å². The third-order valence-corrected chi connectivity index (χ3v) is 3.68. The minimum atomic E-state index is 0.365. The van der Waals surface area contributed by atoms with Crippen molar-refractivity contribution >= 4 is 11.8 Å². The lowest BCUT2D eigenvalue weighted by atomic mass is 9.94. The zero-order valence-electron chi connectivity index (χ0n) is 9.04. The molecule has 2 nitrogen and oxygen atoms in total. The normalized spacial score (nSPS) is 24.4. The van der Waals surface area contributed by atoms with E-state index in [1.165, 1.54) is 17.3 Å². The lowest BCUT2D eigenvalue weighted by Crippen LogP contribution is -2.51. The lowest BCUT2D eigenvalue weighted by Gasteiger charge is -2.46. The van der Waals surface area contributed by atoms with E-state index >= 15 is 0 Å². The second-order valence-electron chi connectivity index (χ2n) is 3.85. The first kappa shape index (κ1) is 11.3. The zero-order valence-corrected chi connectivity index (χ0v) is 9.86. The van der Waals surface area contributed by atoms with E-state index in [0.29, 0.717) is 11.3 Å². The van der Waals surface area contributed by atoms with Crippen molar-refractivity contribution < 1.29 is 0 Å². The molecule has 0 bridgehead atoms. The Labute approximate surface area is 101 Å². The van der Waals surface area contributed by atoms with E-state index in [1.807, 2.05) is 24.3 Å². The summed E-state index contributed by atoms with van der Waals surface area (Å²) in [5, 5.41) is 11.3. The fraction of sp³-hybridized carbons (Fsp3) is 0.308. The number of likely N-dealkylation sites (tertiary alicyclic amines) is 1. The molecular formula is C13H14N2S. The second kappa shape index (κ2) is 5.20. The molecule has 1 heterocycles. The molecule has 82 valence electrons. The first-order valence-corrected chi connectivity index (χ1v) is 6.19. The summed E-state index contributed by atoms with van der Waals surface area (Å²) in [7, 11) is 0. The molecular weight excluding hydrogens is 216 g/mol. The molecule has 0 unspecified atom stereocenters. The Morgan fingerprint density at radius 3 is 2.88 bits per heavy atom. The molecule has 16 heavy (non-hydrogen) atoms. The molecule has 1 fully saturated rings. The first-order valence-electron chi connectivity index (χ1n) is 5.31. The van der Waals surface area contributed by atoms with Crippen LogP contribution in [0.15, 0.2) is 43.0 Å². The van der Waals surface area contributed by atoms with E-state index < -0.39 is 0 Å². The van der Waals surface area contributed by atoms with Gasteiger partial charge in [-0.2, -0.15) is 5.26 Å². The molecule has 3 heteroatoms. The van der Waals surface area contributed by atoms with E-state index in [0.717, 1.165) is 13.1 Å². The number of rotatable bonds is 4. The highest BCUT2D eigenvalue weighted by molar-refractivity contribution is 8.04. The van der Waals surface area contributed by atoms with Crippen molar-refractivity contribution in [2.24, 2.45) is 0 Å². The van der Waals surface area contributed by atoms with Gasteiger partial charge in [0.05, 0.1) is 5.25 Å². The van der Waals surface area contributed by atoms with Crippen molar-refractivity contribution in [2.45, 2.75) is 11.3 Å². The molecule has 1 aromatic rings. The van der Waals surface area contributed by atoms with E-state index in [1.54, 1.807) is 0 Å². The van der Waals surface area contributed by atoms with Crippen LogP contribution in [0.5, 0.6) is 0 Å². The third-order valence-electron chi connectivity index (χ3n) is 2.87. The Kier molecular flexibility index (Phi) is 3.66. The molecule has 1 aliphatic rings. The van der Waals surface area contributed by atoms with Crippen molar-refractivity contribution in [3.05, 3.63) is 48.6 Å². The number of hydrogen-bond acceptors (Lipinski definition) is 3. The Morgan fingerprint density at radius 1 is 1.50 bits per heavy atom. The first-order chi connectivity index (χ1) is 7.86. The maximum atomic E-state index is 8.76. The summed E-state index contributed by atoms with van der Waals surface area (Å²) in [4.78, 5) is 2.34. The predicted molar refractivity (Wildman–Crippen MR) is 67.9 cm³/mol. The highest BCUT2D eigenvalue weighted by atomic mass is 32.2. The highest BCUT2D eigenvalue weighted by Gasteiger charge is 2.39. The van der Waals surface area contributed by atoms with Crippen LogP contribution in [0.3, 0.4) is 0 Å². The molecule has 1 saturated heterocycles. The second-order valence-corrected chi connectivity index (χ2v) is 4.87. The highest BCUT2D eigenvalue weighted by Crippen LogP contribution is 2.40. The van der Waals surface area contributed by atoms with Crippen molar-refractivity contribution in [3.8, 4) is 5.40 Å². The standard InChI is InChI=1S/C13H14N2S/c1-2-8-15-9-12(16-10-14)13(15)11-6-4-3-5-7-11/h2-7,12-13H,1,8-9H2/t12-,13+/m1/s1. The molecule has 0 spiro atoms. The molecule has 0 aliphatic carbocycles. The smallest absolute Gasteiger partial charge is 0.133 e. The van der Waals surface area contributed by atoms with Gasteiger partial charge in [0.1, 0.15) is 5.40 Å². The summed E-state index contributed by atoms with van der Waals surface area (Å²) in [6, 6.07) is 10.7. The Bertz CT molecular complexity index is 396. The maximum absolute atomic E-state index is 8.76. The minimum Gasteiger partial charge on any atom is -0.290 e. The molecule has 0 radical (unpaired) electrons. The summed E-state index contributed by atoms with van der Waals surface area (Å²) in [5.41, 5.74) is 1.29. The van der Waals surface area contributed by atoms with E-state index in [4.69, 9.17) is 5.26 Å². The van der Waals surface area contributed by atoms with Crippen LogP contribution in [0.25, 0.3) is 0 Å². The van der Waals surface area contributed by atoms with Crippen LogP contribution in [-0.4, -0.2) is 23.2 Å². The minimum absolute atomic E-state index is 0.365. The summed E-state index contributed by atoms with van der Waals surface area (Å²) >= 11 is 1.38. The van der Waals surface area contributed by atoms with Crippen LogP contribution in [0.1, 0.15) is 11.6 Å². The van der Waals surface area contributed by atoms with Gasteiger partial charge in [-0.05, 0) is 17.3 Å². The van der Waals surface area contributed by atoms with Crippen LogP contribution in [0, 0.1) is 10.7 Å². The van der Waals surface area contributed by atoms with Gasteiger partial charge in [-0.15, -0.1) is 6.58 Å². The summed E-state index contributed by atoms with van der Waals surface area (Å²) in [5.74, 6) is 0. The van der Waals surface area contributed by atoms with Gasteiger partial charge in [0.2, 0.25) is 0 Å². The topological polar surface area (TPSA) is 27.0 Å². The molecule has 2 atom stereocenters.